The van der Waals surface area contributed by atoms with Crippen molar-refractivity contribution in [2.45, 2.75) is 13.8 Å². The molecule has 144 valence electrons. The number of carbonyl (C=O) groups excluding carboxylic acids is 1. The summed E-state index contributed by atoms with van der Waals surface area (Å²) in [7, 11) is 0. The van der Waals surface area contributed by atoms with E-state index in [4.69, 9.17) is 4.74 Å². The number of ether oxygens (including phenoxy) is 1. The van der Waals surface area contributed by atoms with E-state index in [-0.39, 0.29) is 5.91 Å². The first-order valence-corrected chi connectivity index (χ1v) is 10.3. The number of carbonyl (C=O) groups is 1. The zero-order chi connectivity index (χ0) is 19.5. The number of aryl methyl sites for hydroxylation is 2. The SMILES string of the molecule is Cc1ccc(C)c(NC(=O)c2cc(-c3ccccc3)c(N3CCOCC3)s2)c1. The van der Waals surface area contributed by atoms with Crippen LogP contribution >= 0.6 is 11.3 Å². The molecule has 0 atom stereocenters. The quantitative estimate of drug-likeness (QED) is 0.670. The van der Waals surface area contributed by atoms with Crippen molar-refractivity contribution in [3.05, 3.63) is 70.6 Å². The summed E-state index contributed by atoms with van der Waals surface area (Å²) >= 11 is 1.56. The maximum Gasteiger partial charge on any atom is 0.265 e. The highest BCUT2D eigenvalue weighted by molar-refractivity contribution is 7.18. The molecule has 4 rings (SSSR count). The van der Waals surface area contributed by atoms with Crippen LogP contribution in [0.15, 0.2) is 54.6 Å². The molecule has 0 radical (unpaired) electrons. The van der Waals surface area contributed by atoms with Gasteiger partial charge in [-0.2, -0.15) is 0 Å². The Bertz CT molecular complexity index is 976. The van der Waals surface area contributed by atoms with Gasteiger partial charge in [-0.05, 0) is 42.7 Å². The zero-order valence-corrected chi connectivity index (χ0v) is 17.0. The van der Waals surface area contributed by atoms with Gasteiger partial charge in [0, 0.05) is 24.3 Å². The highest BCUT2D eigenvalue weighted by Gasteiger charge is 2.22. The summed E-state index contributed by atoms with van der Waals surface area (Å²) in [6.07, 6.45) is 0. The first kappa shape index (κ1) is 18.7. The first-order valence-electron chi connectivity index (χ1n) is 9.52. The normalized spacial score (nSPS) is 14.1. The van der Waals surface area contributed by atoms with Gasteiger partial charge in [-0.25, -0.2) is 0 Å². The Morgan fingerprint density at radius 1 is 1.04 bits per heavy atom. The molecule has 4 nitrogen and oxygen atoms in total. The largest absolute Gasteiger partial charge is 0.378 e. The highest BCUT2D eigenvalue weighted by Crippen LogP contribution is 2.39. The standard InChI is InChI=1S/C23H24N2O2S/c1-16-8-9-17(2)20(14-16)24-22(26)21-15-19(18-6-4-3-5-7-18)23(28-21)25-10-12-27-13-11-25/h3-9,14-15H,10-13H2,1-2H3,(H,24,26). The van der Waals surface area contributed by atoms with Crippen molar-refractivity contribution < 1.29 is 9.53 Å². The van der Waals surface area contributed by atoms with Gasteiger partial charge in [0.25, 0.3) is 5.91 Å². The molecular weight excluding hydrogens is 368 g/mol. The summed E-state index contributed by atoms with van der Waals surface area (Å²) in [5.41, 5.74) is 5.30. The van der Waals surface area contributed by atoms with Crippen molar-refractivity contribution >= 4 is 27.9 Å². The molecule has 1 aliphatic rings. The van der Waals surface area contributed by atoms with Crippen LogP contribution in [0.3, 0.4) is 0 Å². The zero-order valence-electron chi connectivity index (χ0n) is 16.2. The van der Waals surface area contributed by atoms with Crippen LogP contribution in [0.2, 0.25) is 0 Å². The molecule has 0 saturated carbocycles. The van der Waals surface area contributed by atoms with Gasteiger partial charge in [0.1, 0.15) is 0 Å². The molecule has 1 aliphatic heterocycles. The van der Waals surface area contributed by atoms with Gasteiger partial charge in [-0.3, -0.25) is 4.79 Å². The molecule has 5 heteroatoms. The van der Waals surface area contributed by atoms with Crippen LogP contribution in [-0.2, 0) is 4.74 Å². The predicted octanol–water partition coefficient (Wildman–Crippen LogP) is 5.12. The van der Waals surface area contributed by atoms with E-state index in [0.29, 0.717) is 0 Å². The number of hydrogen-bond donors (Lipinski definition) is 1. The first-order chi connectivity index (χ1) is 13.6. The molecule has 2 aromatic carbocycles. The van der Waals surface area contributed by atoms with E-state index in [1.807, 2.05) is 50.2 Å². The van der Waals surface area contributed by atoms with Crippen LogP contribution in [0, 0.1) is 13.8 Å². The maximum absolute atomic E-state index is 13.0. The molecule has 2 heterocycles. The lowest BCUT2D eigenvalue weighted by atomic mass is 10.1. The second-order valence-electron chi connectivity index (χ2n) is 7.07. The smallest absolute Gasteiger partial charge is 0.265 e. The number of anilines is 2. The van der Waals surface area contributed by atoms with Gasteiger partial charge in [0.2, 0.25) is 0 Å². The average Bonchev–Trinajstić information content (AvgIpc) is 3.18. The third kappa shape index (κ3) is 3.96. The minimum atomic E-state index is -0.0598. The summed E-state index contributed by atoms with van der Waals surface area (Å²) in [5, 5.41) is 4.23. The Labute approximate surface area is 169 Å². The molecule has 0 aliphatic carbocycles. The van der Waals surface area contributed by atoms with E-state index in [9.17, 15) is 4.79 Å². The molecule has 0 spiro atoms. The topological polar surface area (TPSA) is 41.6 Å². The van der Waals surface area contributed by atoms with Gasteiger partial charge in [0.05, 0.1) is 23.1 Å². The summed E-state index contributed by atoms with van der Waals surface area (Å²) in [6, 6.07) is 18.4. The number of hydrogen-bond acceptors (Lipinski definition) is 4. The average molecular weight is 393 g/mol. The fraction of sp³-hybridized carbons (Fsp3) is 0.261. The minimum Gasteiger partial charge on any atom is -0.378 e. The second-order valence-corrected chi connectivity index (χ2v) is 8.10. The van der Waals surface area contributed by atoms with Gasteiger partial charge >= 0.3 is 0 Å². The van der Waals surface area contributed by atoms with E-state index in [0.717, 1.165) is 64.1 Å². The molecule has 0 unspecified atom stereocenters. The van der Waals surface area contributed by atoms with Crippen molar-refractivity contribution in [3.63, 3.8) is 0 Å². The van der Waals surface area contributed by atoms with E-state index in [1.165, 1.54) is 0 Å². The summed E-state index contributed by atoms with van der Waals surface area (Å²) in [4.78, 5) is 16.1. The van der Waals surface area contributed by atoms with Crippen LogP contribution in [0.4, 0.5) is 10.7 Å². The number of rotatable bonds is 4. The molecule has 28 heavy (non-hydrogen) atoms. The molecule has 1 aromatic heterocycles. The summed E-state index contributed by atoms with van der Waals surface area (Å²) < 4.78 is 5.51. The van der Waals surface area contributed by atoms with Crippen molar-refractivity contribution in [2.75, 3.05) is 36.5 Å². The molecule has 3 aromatic rings. The van der Waals surface area contributed by atoms with Crippen LogP contribution in [0.5, 0.6) is 0 Å². The lowest BCUT2D eigenvalue weighted by Gasteiger charge is -2.28. The van der Waals surface area contributed by atoms with Crippen molar-refractivity contribution in [1.29, 1.82) is 0 Å². The molecule has 0 bridgehead atoms. The number of morpholine rings is 1. The van der Waals surface area contributed by atoms with Crippen molar-refractivity contribution in [2.24, 2.45) is 0 Å². The fourth-order valence-electron chi connectivity index (χ4n) is 3.37. The maximum atomic E-state index is 13.0. The monoisotopic (exact) mass is 392 g/mol. The van der Waals surface area contributed by atoms with E-state index < -0.39 is 0 Å². The number of nitrogens with one attached hydrogen (secondary N) is 1. The van der Waals surface area contributed by atoms with Gasteiger partial charge in [-0.15, -0.1) is 11.3 Å². The fourth-order valence-corrected chi connectivity index (χ4v) is 4.50. The van der Waals surface area contributed by atoms with E-state index in [2.05, 4.69) is 28.4 Å². The Hall–Kier alpha value is -2.63. The Balaban J connectivity index is 1.68. The van der Waals surface area contributed by atoms with Crippen LogP contribution < -0.4 is 10.2 Å². The van der Waals surface area contributed by atoms with E-state index >= 15 is 0 Å². The second kappa shape index (κ2) is 8.17. The van der Waals surface area contributed by atoms with Crippen LogP contribution in [-0.4, -0.2) is 32.2 Å². The van der Waals surface area contributed by atoms with Gasteiger partial charge in [-0.1, -0.05) is 42.5 Å². The Kier molecular flexibility index (Phi) is 5.46. The lowest BCUT2D eigenvalue weighted by molar-refractivity contribution is 0.103. The molecular formula is C23H24N2O2S. The molecule has 1 N–H and O–H groups in total. The third-order valence-electron chi connectivity index (χ3n) is 4.96. The summed E-state index contributed by atoms with van der Waals surface area (Å²) in [6.45, 7) is 7.17. The molecule has 1 saturated heterocycles. The lowest BCUT2D eigenvalue weighted by Crippen LogP contribution is -2.35. The number of thiophene rings is 1. The van der Waals surface area contributed by atoms with Crippen molar-refractivity contribution in [3.8, 4) is 11.1 Å². The Morgan fingerprint density at radius 3 is 2.54 bits per heavy atom. The highest BCUT2D eigenvalue weighted by atomic mass is 32.1. The number of nitrogens with zero attached hydrogens (tertiary/aromatic N) is 1. The predicted molar refractivity (Wildman–Crippen MR) is 117 cm³/mol. The number of benzene rings is 2. The third-order valence-corrected chi connectivity index (χ3v) is 6.16. The Morgan fingerprint density at radius 2 is 1.79 bits per heavy atom. The van der Waals surface area contributed by atoms with Crippen LogP contribution in [0.25, 0.3) is 11.1 Å². The van der Waals surface area contributed by atoms with Crippen LogP contribution in [0.1, 0.15) is 20.8 Å². The molecule has 1 amide bonds. The van der Waals surface area contributed by atoms with Gasteiger partial charge < -0.3 is 15.0 Å². The molecule has 1 fully saturated rings. The van der Waals surface area contributed by atoms with Gasteiger partial charge in [0.15, 0.2) is 0 Å². The number of amides is 1. The van der Waals surface area contributed by atoms with Crippen molar-refractivity contribution in [1.82, 2.24) is 0 Å². The minimum absolute atomic E-state index is 0.0598. The summed E-state index contributed by atoms with van der Waals surface area (Å²) in [5.74, 6) is -0.0598. The van der Waals surface area contributed by atoms with E-state index in [1.54, 1.807) is 11.3 Å².